The van der Waals surface area contributed by atoms with E-state index in [4.69, 9.17) is 0 Å². The van der Waals surface area contributed by atoms with Crippen molar-refractivity contribution in [2.75, 3.05) is 18.4 Å². The van der Waals surface area contributed by atoms with Crippen molar-refractivity contribution in [1.82, 2.24) is 20.2 Å². The Morgan fingerprint density at radius 3 is 2.65 bits per heavy atom. The van der Waals surface area contributed by atoms with Crippen molar-refractivity contribution in [3.05, 3.63) is 28.5 Å². The number of amides is 2. The van der Waals surface area contributed by atoms with Gasteiger partial charge in [-0.05, 0) is 77.8 Å². The van der Waals surface area contributed by atoms with Crippen molar-refractivity contribution in [3.8, 4) is 10.4 Å². The third-order valence-corrected chi connectivity index (χ3v) is 7.67. The predicted octanol–water partition coefficient (Wildman–Crippen LogP) is 3.85. The molecule has 1 aliphatic heterocycles. The van der Waals surface area contributed by atoms with Crippen LogP contribution in [0.2, 0.25) is 0 Å². The van der Waals surface area contributed by atoms with E-state index in [1.807, 2.05) is 24.8 Å². The number of aliphatic hydroxyl groups is 1. The summed E-state index contributed by atoms with van der Waals surface area (Å²) in [4.78, 5) is 37.9. The van der Waals surface area contributed by atoms with Crippen molar-refractivity contribution in [2.45, 2.75) is 78.0 Å². The van der Waals surface area contributed by atoms with Gasteiger partial charge in [-0.1, -0.05) is 0 Å². The Morgan fingerprint density at radius 1 is 1.32 bits per heavy atom. The number of rotatable bonds is 8. The highest BCUT2D eigenvalue weighted by Crippen LogP contribution is 2.36. The number of nitrogens with one attached hydrogen (secondary N) is 2. The van der Waals surface area contributed by atoms with Crippen LogP contribution in [0.5, 0.6) is 0 Å². The molecule has 0 radical (unpaired) electrons. The number of carbonyl (C=O) groups excluding carboxylic acids is 2. The zero-order valence-corrected chi connectivity index (χ0v) is 21.5. The van der Waals surface area contributed by atoms with E-state index in [2.05, 4.69) is 27.5 Å². The van der Waals surface area contributed by atoms with Gasteiger partial charge < -0.3 is 20.6 Å². The Labute approximate surface area is 205 Å². The Hall–Kier alpha value is -2.52. The van der Waals surface area contributed by atoms with Crippen molar-refractivity contribution in [3.63, 3.8) is 0 Å². The van der Waals surface area contributed by atoms with E-state index in [-0.39, 0.29) is 23.5 Å². The molecule has 4 rings (SSSR count). The second-order valence-corrected chi connectivity index (χ2v) is 11.3. The summed E-state index contributed by atoms with van der Waals surface area (Å²) in [6.45, 7) is 10.2. The number of thiazole rings is 1. The number of hydrogen-bond donors (Lipinski definition) is 3. The minimum Gasteiger partial charge on any atom is -0.389 e. The molecule has 34 heavy (non-hydrogen) atoms. The lowest BCUT2D eigenvalue weighted by Gasteiger charge is -2.21. The average molecular weight is 486 g/mol. The molecule has 0 spiro atoms. The third kappa shape index (κ3) is 5.58. The molecule has 1 unspecified atom stereocenters. The molecule has 2 amide bonds. The maximum atomic E-state index is 13.5. The van der Waals surface area contributed by atoms with Crippen LogP contribution < -0.4 is 10.6 Å². The minimum atomic E-state index is -1.04. The zero-order valence-electron chi connectivity index (χ0n) is 20.6. The molecule has 184 valence electrons. The fraction of sp³-hybridized carbons (Fsp3) is 0.600. The summed E-state index contributed by atoms with van der Waals surface area (Å²) in [7, 11) is 0. The van der Waals surface area contributed by atoms with E-state index in [9.17, 15) is 14.7 Å². The first-order chi connectivity index (χ1) is 16.0. The number of aromatic nitrogens is 2. The van der Waals surface area contributed by atoms with Crippen LogP contribution in [0.1, 0.15) is 79.2 Å². The lowest BCUT2D eigenvalue weighted by molar-refractivity contribution is 0.0692. The number of carbonyl (C=O) groups is 2. The van der Waals surface area contributed by atoms with Crippen LogP contribution in [-0.4, -0.2) is 62.6 Å². The summed E-state index contributed by atoms with van der Waals surface area (Å²) in [5.41, 5.74) is 1.03. The molecule has 0 bridgehead atoms. The van der Waals surface area contributed by atoms with E-state index in [1.165, 1.54) is 24.2 Å². The number of anilines is 1. The highest BCUT2D eigenvalue weighted by atomic mass is 32.1. The Bertz CT molecular complexity index is 1070. The molecule has 1 saturated heterocycles. The van der Waals surface area contributed by atoms with Crippen LogP contribution in [0.25, 0.3) is 10.4 Å². The molecule has 2 aliphatic rings. The Kier molecular flexibility index (Phi) is 6.96. The highest BCUT2D eigenvalue weighted by molar-refractivity contribution is 7.17. The summed E-state index contributed by atoms with van der Waals surface area (Å²) in [5, 5.41) is 16.4. The lowest BCUT2D eigenvalue weighted by Crippen LogP contribution is -2.38. The van der Waals surface area contributed by atoms with Gasteiger partial charge in [-0.3, -0.25) is 9.59 Å². The number of likely N-dealkylation sites (tertiary alicyclic amines) is 1. The molecule has 8 nitrogen and oxygen atoms in total. The van der Waals surface area contributed by atoms with Crippen LogP contribution in [0, 0.1) is 12.8 Å². The van der Waals surface area contributed by atoms with E-state index in [0.717, 1.165) is 29.8 Å². The van der Waals surface area contributed by atoms with Crippen molar-refractivity contribution >= 4 is 29.0 Å². The van der Waals surface area contributed by atoms with Crippen LogP contribution >= 0.6 is 11.3 Å². The molecular weight excluding hydrogens is 450 g/mol. The largest absolute Gasteiger partial charge is 0.389 e. The predicted molar refractivity (Wildman–Crippen MR) is 134 cm³/mol. The summed E-state index contributed by atoms with van der Waals surface area (Å²) in [6.07, 6.45) is 6.21. The first kappa shape index (κ1) is 24.6. The smallest absolute Gasteiger partial charge is 0.280 e. The van der Waals surface area contributed by atoms with Gasteiger partial charge in [-0.25, -0.2) is 9.97 Å². The summed E-state index contributed by atoms with van der Waals surface area (Å²) in [5.74, 6) is 0.972. The number of aryl methyl sites for hydroxylation is 1. The molecular formula is C25H35N5O3S. The van der Waals surface area contributed by atoms with Crippen molar-refractivity contribution in [1.29, 1.82) is 0 Å². The number of hydrogen-bond acceptors (Lipinski definition) is 7. The van der Waals surface area contributed by atoms with Crippen LogP contribution in [0.4, 0.5) is 5.82 Å². The van der Waals surface area contributed by atoms with Crippen molar-refractivity contribution < 1.29 is 14.7 Å². The van der Waals surface area contributed by atoms with Crippen molar-refractivity contribution in [2.24, 2.45) is 5.92 Å². The maximum Gasteiger partial charge on any atom is 0.280 e. The molecule has 2 aromatic heterocycles. The second-order valence-electron chi connectivity index (χ2n) is 10.3. The third-order valence-electron chi connectivity index (χ3n) is 6.58. The van der Waals surface area contributed by atoms with Gasteiger partial charge in [0.2, 0.25) is 0 Å². The van der Waals surface area contributed by atoms with E-state index in [1.54, 1.807) is 20.0 Å². The number of pyridine rings is 1. The van der Waals surface area contributed by atoms with E-state index in [0.29, 0.717) is 29.1 Å². The maximum absolute atomic E-state index is 13.5. The molecule has 2 atom stereocenters. The quantitative estimate of drug-likeness (QED) is 0.524. The molecule has 3 heterocycles. The molecule has 1 saturated carbocycles. The van der Waals surface area contributed by atoms with Gasteiger partial charge in [0.25, 0.3) is 11.8 Å². The van der Waals surface area contributed by atoms with E-state index < -0.39 is 11.5 Å². The SMILES string of the molecule is Cc1cc(NC(C)C2CC2)ncc1-c1sc(C(=O)NCC(C)(C)O)nc1C(=O)N1CCC[C@@H]1C. The van der Waals surface area contributed by atoms with Crippen LogP contribution in [0.3, 0.4) is 0 Å². The highest BCUT2D eigenvalue weighted by Gasteiger charge is 2.32. The van der Waals surface area contributed by atoms with Crippen LogP contribution in [-0.2, 0) is 0 Å². The summed E-state index contributed by atoms with van der Waals surface area (Å²) < 4.78 is 0. The molecule has 1 aliphatic carbocycles. The monoisotopic (exact) mass is 485 g/mol. The molecule has 3 N–H and O–H groups in total. The zero-order chi connectivity index (χ0) is 24.6. The second kappa shape index (κ2) is 9.62. The number of nitrogens with zero attached hydrogens (tertiary/aromatic N) is 3. The fourth-order valence-corrected chi connectivity index (χ4v) is 5.36. The Morgan fingerprint density at radius 2 is 2.06 bits per heavy atom. The normalized spacial score (nSPS) is 19.2. The summed E-state index contributed by atoms with van der Waals surface area (Å²) in [6, 6.07) is 2.51. The van der Waals surface area contributed by atoms with Gasteiger partial charge in [-0.2, -0.15) is 0 Å². The molecule has 9 heteroatoms. The Balaban J connectivity index is 1.66. The minimum absolute atomic E-state index is 0.0906. The van der Waals surface area contributed by atoms with Crippen LogP contribution in [0.15, 0.2) is 12.3 Å². The standard InChI is InChI=1S/C25H35N5O3S/c1-14-11-19(28-16(3)17-8-9-17)26-12-18(14)21-20(24(32)30-10-6-7-15(30)2)29-23(34-21)22(31)27-13-25(4,5)33/h11-12,15-17,33H,6-10,13H2,1-5H3,(H,26,28)(H,27,31)/t15-,16?/m0/s1. The average Bonchev–Trinajstić information content (AvgIpc) is 3.39. The van der Waals surface area contributed by atoms with Gasteiger partial charge in [0.15, 0.2) is 5.01 Å². The first-order valence-corrected chi connectivity index (χ1v) is 12.9. The first-order valence-electron chi connectivity index (χ1n) is 12.1. The lowest BCUT2D eigenvalue weighted by atomic mass is 10.1. The molecule has 2 fully saturated rings. The van der Waals surface area contributed by atoms with Gasteiger partial charge in [-0.15, -0.1) is 11.3 Å². The topological polar surface area (TPSA) is 107 Å². The molecule has 2 aromatic rings. The van der Waals surface area contributed by atoms with E-state index >= 15 is 0 Å². The van der Waals surface area contributed by atoms with Gasteiger partial charge in [0, 0.05) is 36.9 Å². The van der Waals surface area contributed by atoms with Gasteiger partial charge in [0.05, 0.1) is 10.5 Å². The van der Waals surface area contributed by atoms with Gasteiger partial charge in [0.1, 0.15) is 11.5 Å². The fourth-order valence-electron chi connectivity index (χ4n) is 4.31. The van der Waals surface area contributed by atoms with Gasteiger partial charge >= 0.3 is 0 Å². The summed E-state index contributed by atoms with van der Waals surface area (Å²) >= 11 is 1.20. The molecule has 0 aromatic carbocycles.